The molecule has 2 N–H and O–H groups in total. The van der Waals surface area contributed by atoms with E-state index in [1.165, 1.54) is 11.3 Å². The first-order chi connectivity index (χ1) is 8.09. The summed E-state index contributed by atoms with van der Waals surface area (Å²) in [5.74, 6) is 0.00347. The van der Waals surface area contributed by atoms with Crippen molar-refractivity contribution in [1.29, 1.82) is 0 Å². The monoisotopic (exact) mass is 288 g/mol. The standard InChI is InChI=1S/C11H13ClN2OS2/c12-8-4-6-17-10(8)11(15)14(7-1-2-7)5-3-9(13)16/h4,6-7H,1-3,5H2,(H2,13,16). The van der Waals surface area contributed by atoms with Crippen LogP contribution >= 0.6 is 35.2 Å². The maximum Gasteiger partial charge on any atom is 0.265 e. The molecule has 1 aliphatic carbocycles. The molecule has 1 amide bonds. The Kier molecular flexibility index (Phi) is 4.01. The Bertz CT molecular complexity index is 442. The lowest BCUT2D eigenvalue weighted by Crippen LogP contribution is -2.35. The van der Waals surface area contributed by atoms with Gasteiger partial charge < -0.3 is 10.6 Å². The summed E-state index contributed by atoms with van der Waals surface area (Å²) in [5.41, 5.74) is 5.48. The van der Waals surface area contributed by atoms with E-state index in [1.807, 2.05) is 10.3 Å². The van der Waals surface area contributed by atoms with Crippen LogP contribution in [0.2, 0.25) is 5.02 Å². The fourth-order valence-electron chi connectivity index (χ4n) is 1.64. The Morgan fingerprint density at radius 2 is 2.35 bits per heavy atom. The van der Waals surface area contributed by atoms with Crippen LogP contribution in [0.3, 0.4) is 0 Å². The van der Waals surface area contributed by atoms with E-state index in [1.54, 1.807) is 6.07 Å². The highest BCUT2D eigenvalue weighted by Crippen LogP contribution is 2.31. The first-order valence-electron chi connectivity index (χ1n) is 5.42. The summed E-state index contributed by atoms with van der Waals surface area (Å²) in [6.45, 7) is 0.590. The molecule has 3 nitrogen and oxygen atoms in total. The molecule has 1 aromatic heterocycles. The van der Waals surface area contributed by atoms with Crippen LogP contribution in [0.15, 0.2) is 11.4 Å². The van der Waals surface area contributed by atoms with Crippen LogP contribution < -0.4 is 5.73 Å². The summed E-state index contributed by atoms with van der Waals surface area (Å²) in [6.07, 6.45) is 2.69. The zero-order valence-electron chi connectivity index (χ0n) is 9.19. The molecule has 17 heavy (non-hydrogen) atoms. The number of nitrogens with zero attached hydrogens (tertiary/aromatic N) is 1. The van der Waals surface area contributed by atoms with E-state index in [9.17, 15) is 4.79 Å². The van der Waals surface area contributed by atoms with E-state index >= 15 is 0 Å². The number of rotatable bonds is 5. The van der Waals surface area contributed by atoms with Crippen LogP contribution in [-0.4, -0.2) is 28.4 Å². The molecule has 1 fully saturated rings. The van der Waals surface area contributed by atoms with Crippen molar-refractivity contribution in [3.63, 3.8) is 0 Å². The summed E-state index contributed by atoms with van der Waals surface area (Å²) in [7, 11) is 0. The Morgan fingerprint density at radius 1 is 1.65 bits per heavy atom. The van der Waals surface area contributed by atoms with Gasteiger partial charge in [0.15, 0.2) is 0 Å². The summed E-state index contributed by atoms with van der Waals surface area (Å²) in [6, 6.07) is 2.09. The van der Waals surface area contributed by atoms with Crippen molar-refractivity contribution >= 4 is 46.1 Å². The predicted octanol–water partition coefficient (Wildman–Crippen LogP) is 2.68. The van der Waals surface area contributed by atoms with Crippen molar-refractivity contribution in [2.24, 2.45) is 5.73 Å². The fraction of sp³-hybridized carbons (Fsp3) is 0.455. The van der Waals surface area contributed by atoms with Crippen LogP contribution in [-0.2, 0) is 0 Å². The number of carbonyl (C=O) groups excluding carboxylic acids is 1. The first-order valence-corrected chi connectivity index (χ1v) is 7.08. The fourth-order valence-corrected chi connectivity index (χ4v) is 2.83. The number of hydrogen-bond donors (Lipinski definition) is 1. The van der Waals surface area contributed by atoms with Gasteiger partial charge >= 0.3 is 0 Å². The largest absolute Gasteiger partial charge is 0.393 e. The Hall–Kier alpha value is -0.650. The van der Waals surface area contributed by atoms with Gasteiger partial charge in [0.25, 0.3) is 5.91 Å². The third-order valence-corrected chi connectivity index (χ3v) is 4.19. The second-order valence-corrected chi connectivity index (χ2v) is 5.89. The molecule has 1 aliphatic rings. The zero-order valence-corrected chi connectivity index (χ0v) is 11.6. The molecule has 2 rings (SSSR count). The molecular weight excluding hydrogens is 276 g/mol. The number of halogens is 1. The van der Waals surface area contributed by atoms with Crippen molar-refractivity contribution in [3.05, 3.63) is 21.3 Å². The van der Waals surface area contributed by atoms with E-state index in [0.717, 1.165) is 12.8 Å². The number of nitrogens with two attached hydrogens (primary N) is 1. The maximum atomic E-state index is 12.3. The molecule has 0 saturated heterocycles. The highest BCUT2D eigenvalue weighted by molar-refractivity contribution is 7.80. The molecule has 0 atom stereocenters. The van der Waals surface area contributed by atoms with Gasteiger partial charge in [-0.15, -0.1) is 11.3 Å². The van der Waals surface area contributed by atoms with Crippen LogP contribution in [0.5, 0.6) is 0 Å². The number of amides is 1. The van der Waals surface area contributed by atoms with Gasteiger partial charge in [0.2, 0.25) is 0 Å². The lowest BCUT2D eigenvalue weighted by atomic mass is 10.3. The van der Waals surface area contributed by atoms with E-state index in [2.05, 4.69) is 0 Å². The summed E-state index contributed by atoms with van der Waals surface area (Å²) in [4.78, 5) is 15.2. The number of carbonyl (C=O) groups is 1. The molecule has 1 aromatic rings. The highest BCUT2D eigenvalue weighted by Gasteiger charge is 2.33. The minimum Gasteiger partial charge on any atom is -0.393 e. The van der Waals surface area contributed by atoms with Gasteiger partial charge in [-0.25, -0.2) is 0 Å². The van der Waals surface area contributed by atoms with Crippen molar-refractivity contribution < 1.29 is 4.79 Å². The highest BCUT2D eigenvalue weighted by atomic mass is 35.5. The Balaban J connectivity index is 2.08. The normalized spacial score (nSPS) is 14.6. The van der Waals surface area contributed by atoms with Crippen LogP contribution in [0, 0.1) is 0 Å². The third-order valence-electron chi connectivity index (χ3n) is 2.66. The number of hydrogen-bond acceptors (Lipinski definition) is 3. The molecule has 0 radical (unpaired) electrons. The van der Waals surface area contributed by atoms with E-state index in [-0.39, 0.29) is 5.91 Å². The molecule has 0 unspecified atom stereocenters. The quantitative estimate of drug-likeness (QED) is 0.848. The summed E-state index contributed by atoms with van der Waals surface area (Å²) in [5, 5.41) is 2.36. The SMILES string of the molecule is NC(=S)CCN(C(=O)c1sccc1Cl)C1CC1. The van der Waals surface area contributed by atoms with Crippen LogP contribution in [0.1, 0.15) is 28.9 Å². The van der Waals surface area contributed by atoms with Crippen molar-refractivity contribution in [3.8, 4) is 0 Å². The van der Waals surface area contributed by atoms with E-state index < -0.39 is 0 Å². The molecule has 0 aromatic carbocycles. The average molecular weight is 289 g/mol. The molecule has 0 bridgehead atoms. The summed E-state index contributed by atoms with van der Waals surface area (Å²) < 4.78 is 0. The topological polar surface area (TPSA) is 46.3 Å². The van der Waals surface area contributed by atoms with Crippen molar-refractivity contribution in [2.75, 3.05) is 6.54 Å². The molecule has 92 valence electrons. The predicted molar refractivity (Wildman–Crippen MR) is 74.8 cm³/mol. The Labute approximate surface area is 115 Å². The van der Waals surface area contributed by atoms with Gasteiger partial charge in [-0.1, -0.05) is 23.8 Å². The molecule has 0 spiro atoms. The van der Waals surface area contributed by atoms with Gasteiger partial charge in [0, 0.05) is 19.0 Å². The number of thiophene rings is 1. The molecule has 1 saturated carbocycles. The van der Waals surface area contributed by atoms with Crippen LogP contribution in [0.25, 0.3) is 0 Å². The van der Waals surface area contributed by atoms with E-state index in [4.69, 9.17) is 29.6 Å². The van der Waals surface area contributed by atoms with Gasteiger partial charge in [0.05, 0.1) is 10.0 Å². The maximum absolute atomic E-state index is 12.3. The molecule has 1 heterocycles. The second kappa shape index (κ2) is 5.33. The van der Waals surface area contributed by atoms with Gasteiger partial charge in [0.1, 0.15) is 4.88 Å². The van der Waals surface area contributed by atoms with Crippen molar-refractivity contribution in [2.45, 2.75) is 25.3 Å². The lowest BCUT2D eigenvalue weighted by molar-refractivity contribution is 0.0753. The number of thiocarbonyl (C=S) groups is 1. The van der Waals surface area contributed by atoms with E-state index in [0.29, 0.717) is 33.9 Å². The zero-order chi connectivity index (χ0) is 12.4. The van der Waals surface area contributed by atoms with Crippen LogP contribution in [0.4, 0.5) is 0 Å². The smallest absolute Gasteiger partial charge is 0.265 e. The van der Waals surface area contributed by atoms with Crippen molar-refractivity contribution in [1.82, 2.24) is 4.90 Å². The van der Waals surface area contributed by atoms with Gasteiger partial charge in [-0.3, -0.25) is 4.79 Å². The van der Waals surface area contributed by atoms with Gasteiger partial charge in [-0.05, 0) is 24.3 Å². The molecule has 0 aliphatic heterocycles. The lowest BCUT2D eigenvalue weighted by Gasteiger charge is -2.21. The first kappa shape index (κ1) is 12.8. The Morgan fingerprint density at radius 3 is 2.82 bits per heavy atom. The summed E-state index contributed by atoms with van der Waals surface area (Å²) >= 11 is 12.2. The second-order valence-electron chi connectivity index (χ2n) is 4.04. The minimum absolute atomic E-state index is 0.00347. The molecular formula is C11H13ClN2OS2. The average Bonchev–Trinajstić information content (AvgIpc) is 3.00. The van der Waals surface area contributed by atoms with Gasteiger partial charge in [-0.2, -0.15) is 0 Å². The molecule has 6 heteroatoms. The minimum atomic E-state index is 0.00347. The third kappa shape index (κ3) is 3.18.